The molecule has 1 N–H and O–H groups in total. The molecule has 3 nitrogen and oxygen atoms in total. The standard InChI is InChI=1S/C13H17N3S2/c1-9(2)13(5-6-13)8-16-11(14-15-12(16)17)10-4-3-7-18-10/h3-4,7,9H,5-6,8H2,1-2H3,(H,15,17). The summed E-state index contributed by atoms with van der Waals surface area (Å²) >= 11 is 7.09. The summed E-state index contributed by atoms with van der Waals surface area (Å²) in [5.74, 6) is 1.69. The highest BCUT2D eigenvalue weighted by Crippen LogP contribution is 2.53. The molecule has 2 heterocycles. The van der Waals surface area contributed by atoms with Gasteiger partial charge in [-0.3, -0.25) is 9.67 Å². The molecule has 0 spiro atoms. The van der Waals surface area contributed by atoms with Crippen LogP contribution in [0.4, 0.5) is 0 Å². The highest BCUT2D eigenvalue weighted by atomic mass is 32.1. The number of thiophene rings is 1. The number of hydrogen-bond acceptors (Lipinski definition) is 3. The molecule has 0 aliphatic heterocycles. The van der Waals surface area contributed by atoms with E-state index in [2.05, 4.69) is 46.1 Å². The summed E-state index contributed by atoms with van der Waals surface area (Å²) in [7, 11) is 0. The van der Waals surface area contributed by atoms with E-state index in [0.29, 0.717) is 11.3 Å². The second-order valence-corrected chi connectivity index (χ2v) is 6.77. The lowest BCUT2D eigenvalue weighted by Crippen LogP contribution is -2.18. The first-order valence-electron chi connectivity index (χ1n) is 6.31. The Morgan fingerprint density at radius 3 is 2.89 bits per heavy atom. The Morgan fingerprint density at radius 1 is 1.56 bits per heavy atom. The number of hydrogen-bond donors (Lipinski definition) is 1. The third kappa shape index (κ3) is 1.95. The van der Waals surface area contributed by atoms with Crippen LogP contribution in [0.1, 0.15) is 26.7 Å². The van der Waals surface area contributed by atoms with Crippen molar-refractivity contribution in [2.24, 2.45) is 11.3 Å². The van der Waals surface area contributed by atoms with Gasteiger partial charge in [0.15, 0.2) is 10.6 Å². The van der Waals surface area contributed by atoms with E-state index in [9.17, 15) is 0 Å². The van der Waals surface area contributed by atoms with Crippen molar-refractivity contribution < 1.29 is 0 Å². The molecule has 2 aromatic heterocycles. The van der Waals surface area contributed by atoms with Gasteiger partial charge in [-0.25, -0.2) is 0 Å². The zero-order valence-electron chi connectivity index (χ0n) is 10.6. The molecule has 0 atom stereocenters. The Labute approximate surface area is 116 Å². The number of aromatic amines is 1. The van der Waals surface area contributed by atoms with Crippen molar-refractivity contribution in [3.05, 3.63) is 22.3 Å². The third-order valence-corrected chi connectivity index (χ3v) is 5.27. The molecule has 0 aromatic carbocycles. The summed E-state index contributed by atoms with van der Waals surface area (Å²) in [6, 6.07) is 4.15. The van der Waals surface area contributed by atoms with Crippen molar-refractivity contribution in [2.45, 2.75) is 33.2 Å². The number of rotatable bonds is 4. The molecule has 5 heteroatoms. The van der Waals surface area contributed by atoms with E-state index in [0.717, 1.165) is 17.1 Å². The van der Waals surface area contributed by atoms with Crippen LogP contribution in [0.5, 0.6) is 0 Å². The summed E-state index contributed by atoms with van der Waals surface area (Å²) in [6.45, 7) is 5.61. The molecule has 1 aliphatic carbocycles. The van der Waals surface area contributed by atoms with Crippen molar-refractivity contribution in [1.82, 2.24) is 14.8 Å². The maximum atomic E-state index is 5.38. The van der Waals surface area contributed by atoms with Crippen LogP contribution in [0.3, 0.4) is 0 Å². The van der Waals surface area contributed by atoms with Crippen LogP contribution in [-0.4, -0.2) is 14.8 Å². The summed E-state index contributed by atoms with van der Waals surface area (Å²) in [5.41, 5.74) is 0.439. The first-order chi connectivity index (χ1) is 8.62. The smallest absolute Gasteiger partial charge is 0.195 e. The van der Waals surface area contributed by atoms with Gasteiger partial charge in [-0.05, 0) is 47.8 Å². The molecular formula is C13H17N3S2. The summed E-state index contributed by atoms with van der Waals surface area (Å²) in [4.78, 5) is 1.18. The van der Waals surface area contributed by atoms with Crippen LogP contribution in [-0.2, 0) is 6.54 Å². The predicted octanol–water partition coefficient (Wildman–Crippen LogP) is 4.11. The molecule has 96 valence electrons. The van der Waals surface area contributed by atoms with Gasteiger partial charge in [0.2, 0.25) is 0 Å². The predicted molar refractivity (Wildman–Crippen MR) is 77.2 cm³/mol. The summed E-state index contributed by atoms with van der Waals surface area (Å²) < 4.78 is 2.92. The van der Waals surface area contributed by atoms with Crippen LogP contribution in [0.2, 0.25) is 0 Å². The lowest BCUT2D eigenvalue weighted by atomic mass is 9.92. The molecule has 0 amide bonds. The van der Waals surface area contributed by atoms with Gasteiger partial charge in [0, 0.05) is 6.54 Å². The first-order valence-corrected chi connectivity index (χ1v) is 7.60. The topological polar surface area (TPSA) is 33.6 Å². The van der Waals surface area contributed by atoms with Crippen LogP contribution < -0.4 is 0 Å². The van der Waals surface area contributed by atoms with Gasteiger partial charge < -0.3 is 0 Å². The summed E-state index contributed by atoms with van der Waals surface area (Å²) in [6.07, 6.45) is 2.61. The number of aromatic nitrogens is 3. The van der Waals surface area contributed by atoms with Gasteiger partial charge in [-0.1, -0.05) is 19.9 Å². The van der Waals surface area contributed by atoms with Crippen molar-refractivity contribution in [3.63, 3.8) is 0 Å². The Kier molecular flexibility index (Phi) is 2.90. The van der Waals surface area contributed by atoms with Crippen molar-refractivity contribution >= 4 is 23.6 Å². The van der Waals surface area contributed by atoms with E-state index in [1.165, 1.54) is 17.7 Å². The second kappa shape index (κ2) is 4.31. The quantitative estimate of drug-likeness (QED) is 0.855. The van der Waals surface area contributed by atoms with Crippen molar-refractivity contribution in [2.75, 3.05) is 0 Å². The van der Waals surface area contributed by atoms with Gasteiger partial charge in [0.25, 0.3) is 0 Å². The van der Waals surface area contributed by atoms with Gasteiger partial charge in [0.1, 0.15) is 0 Å². The fourth-order valence-electron chi connectivity index (χ4n) is 2.45. The molecule has 3 rings (SSSR count). The first kappa shape index (κ1) is 12.1. The van der Waals surface area contributed by atoms with E-state index in [1.54, 1.807) is 11.3 Å². The Bertz CT molecular complexity index is 588. The second-order valence-electron chi connectivity index (χ2n) is 5.43. The number of nitrogens with zero attached hydrogens (tertiary/aromatic N) is 2. The average Bonchev–Trinajstić information content (AvgIpc) is 2.77. The van der Waals surface area contributed by atoms with Gasteiger partial charge >= 0.3 is 0 Å². The molecule has 0 bridgehead atoms. The number of nitrogens with one attached hydrogen (secondary N) is 1. The Hall–Kier alpha value is -0.940. The minimum Gasteiger partial charge on any atom is -0.299 e. The van der Waals surface area contributed by atoms with Gasteiger partial charge in [-0.2, -0.15) is 5.10 Å². The van der Waals surface area contributed by atoms with E-state index in [4.69, 9.17) is 12.2 Å². The Morgan fingerprint density at radius 2 is 2.33 bits per heavy atom. The fraction of sp³-hybridized carbons (Fsp3) is 0.538. The average molecular weight is 279 g/mol. The minimum atomic E-state index is 0.439. The van der Waals surface area contributed by atoms with Crippen LogP contribution in [0.15, 0.2) is 17.5 Å². The molecular weight excluding hydrogens is 262 g/mol. The largest absolute Gasteiger partial charge is 0.299 e. The molecule has 0 radical (unpaired) electrons. The maximum Gasteiger partial charge on any atom is 0.195 e. The molecule has 18 heavy (non-hydrogen) atoms. The highest BCUT2D eigenvalue weighted by Gasteiger charge is 2.46. The van der Waals surface area contributed by atoms with Crippen LogP contribution in [0.25, 0.3) is 10.7 Å². The molecule has 1 aliphatic rings. The van der Waals surface area contributed by atoms with E-state index < -0.39 is 0 Å². The number of H-pyrrole nitrogens is 1. The molecule has 0 saturated heterocycles. The molecule has 0 unspecified atom stereocenters. The summed E-state index contributed by atoms with van der Waals surface area (Å²) in [5, 5.41) is 9.40. The van der Waals surface area contributed by atoms with E-state index in [-0.39, 0.29) is 0 Å². The Balaban J connectivity index is 1.98. The van der Waals surface area contributed by atoms with Crippen molar-refractivity contribution in [3.8, 4) is 10.7 Å². The zero-order valence-corrected chi connectivity index (χ0v) is 12.3. The normalized spacial score (nSPS) is 17.3. The van der Waals surface area contributed by atoms with Gasteiger partial charge in [0.05, 0.1) is 4.88 Å². The van der Waals surface area contributed by atoms with Crippen LogP contribution >= 0.6 is 23.6 Å². The van der Waals surface area contributed by atoms with Crippen LogP contribution in [0, 0.1) is 16.1 Å². The zero-order chi connectivity index (χ0) is 12.8. The minimum absolute atomic E-state index is 0.439. The third-order valence-electron chi connectivity index (χ3n) is 4.09. The molecule has 2 aromatic rings. The lowest BCUT2D eigenvalue weighted by Gasteiger charge is -2.20. The highest BCUT2D eigenvalue weighted by molar-refractivity contribution is 7.71. The van der Waals surface area contributed by atoms with E-state index in [1.807, 2.05) is 0 Å². The molecule has 1 saturated carbocycles. The molecule has 1 fully saturated rings. The lowest BCUT2D eigenvalue weighted by molar-refractivity contribution is 0.308. The maximum absolute atomic E-state index is 5.38. The SMILES string of the molecule is CC(C)C1(Cn2c(-c3cccs3)n[nH]c2=S)CC1. The van der Waals surface area contributed by atoms with E-state index >= 15 is 0 Å². The monoisotopic (exact) mass is 279 g/mol. The fourth-order valence-corrected chi connectivity index (χ4v) is 3.37. The van der Waals surface area contributed by atoms with Crippen molar-refractivity contribution in [1.29, 1.82) is 0 Å². The van der Waals surface area contributed by atoms with Gasteiger partial charge in [-0.15, -0.1) is 11.3 Å².